The molecule has 0 atom stereocenters. The Kier molecular flexibility index (Phi) is 6.15. The Morgan fingerprint density at radius 3 is 2.42 bits per heavy atom. The molecule has 1 saturated carbocycles. The zero-order valence-corrected chi connectivity index (χ0v) is 12.5. The second-order valence-corrected chi connectivity index (χ2v) is 6.51. The molecule has 0 bridgehead atoms. The summed E-state index contributed by atoms with van der Waals surface area (Å²) in [5.74, 6) is 1.87. The van der Waals surface area contributed by atoms with Crippen molar-refractivity contribution in [2.24, 2.45) is 11.8 Å². The van der Waals surface area contributed by atoms with Gasteiger partial charge in [-0.05, 0) is 57.0 Å². The first kappa shape index (κ1) is 14.8. The largest absolute Gasteiger partial charge is 0.346 e. The Balaban J connectivity index is 1.63. The van der Waals surface area contributed by atoms with Crippen molar-refractivity contribution in [1.82, 2.24) is 10.2 Å². The second-order valence-electron chi connectivity index (χ2n) is 6.51. The molecule has 1 saturated heterocycles. The standard InChI is InChI=1S/C16H30N2O/c1-18(12-9-14-7-10-17-11-8-14)16(19)13-15-5-3-2-4-6-15/h14-15,17H,2-13H2,1H3. The number of hydrogen-bond donors (Lipinski definition) is 1. The third-order valence-corrected chi connectivity index (χ3v) is 4.95. The van der Waals surface area contributed by atoms with Crippen molar-refractivity contribution in [3.63, 3.8) is 0 Å². The topological polar surface area (TPSA) is 32.3 Å². The molecule has 1 aliphatic carbocycles. The highest BCUT2D eigenvalue weighted by molar-refractivity contribution is 5.76. The minimum Gasteiger partial charge on any atom is -0.346 e. The lowest BCUT2D eigenvalue weighted by Gasteiger charge is -2.27. The number of hydrogen-bond acceptors (Lipinski definition) is 2. The van der Waals surface area contributed by atoms with E-state index in [9.17, 15) is 4.79 Å². The van der Waals surface area contributed by atoms with Crippen LogP contribution in [0.1, 0.15) is 57.8 Å². The molecule has 3 heteroatoms. The third kappa shape index (κ3) is 5.13. The van der Waals surface area contributed by atoms with Crippen molar-refractivity contribution in [2.45, 2.75) is 57.8 Å². The molecule has 1 amide bonds. The van der Waals surface area contributed by atoms with Crippen LogP contribution in [0.3, 0.4) is 0 Å². The van der Waals surface area contributed by atoms with Crippen LogP contribution in [-0.2, 0) is 4.79 Å². The number of piperidine rings is 1. The van der Waals surface area contributed by atoms with Crippen LogP contribution in [0.4, 0.5) is 0 Å². The van der Waals surface area contributed by atoms with Crippen LogP contribution >= 0.6 is 0 Å². The summed E-state index contributed by atoms with van der Waals surface area (Å²) >= 11 is 0. The van der Waals surface area contributed by atoms with Gasteiger partial charge in [-0.3, -0.25) is 4.79 Å². The summed E-state index contributed by atoms with van der Waals surface area (Å²) in [7, 11) is 1.99. The van der Waals surface area contributed by atoms with Crippen LogP contribution < -0.4 is 5.32 Å². The van der Waals surface area contributed by atoms with Crippen molar-refractivity contribution in [2.75, 3.05) is 26.7 Å². The van der Waals surface area contributed by atoms with E-state index in [2.05, 4.69) is 5.32 Å². The van der Waals surface area contributed by atoms with Crippen LogP contribution in [0, 0.1) is 11.8 Å². The van der Waals surface area contributed by atoms with E-state index in [1.54, 1.807) is 0 Å². The van der Waals surface area contributed by atoms with Gasteiger partial charge < -0.3 is 10.2 Å². The fraction of sp³-hybridized carbons (Fsp3) is 0.938. The molecule has 2 rings (SSSR count). The molecule has 2 fully saturated rings. The minimum atomic E-state index is 0.376. The number of carbonyl (C=O) groups excluding carboxylic acids is 1. The summed E-state index contributed by atoms with van der Waals surface area (Å²) in [6.45, 7) is 3.27. The first-order valence-electron chi connectivity index (χ1n) is 8.20. The number of nitrogens with one attached hydrogen (secondary N) is 1. The summed E-state index contributed by atoms with van der Waals surface area (Å²) in [5, 5.41) is 3.40. The molecule has 3 nitrogen and oxygen atoms in total. The summed E-state index contributed by atoms with van der Waals surface area (Å²) in [6.07, 6.45) is 11.1. The van der Waals surface area contributed by atoms with E-state index in [0.29, 0.717) is 11.8 Å². The fourth-order valence-electron chi connectivity index (χ4n) is 3.47. The minimum absolute atomic E-state index is 0.376. The van der Waals surface area contributed by atoms with Crippen LogP contribution in [0.2, 0.25) is 0 Å². The predicted molar refractivity (Wildman–Crippen MR) is 79.0 cm³/mol. The Hall–Kier alpha value is -0.570. The van der Waals surface area contributed by atoms with Crippen molar-refractivity contribution in [1.29, 1.82) is 0 Å². The fourth-order valence-corrected chi connectivity index (χ4v) is 3.47. The van der Waals surface area contributed by atoms with Gasteiger partial charge in [-0.2, -0.15) is 0 Å². The van der Waals surface area contributed by atoms with E-state index in [0.717, 1.165) is 32.0 Å². The van der Waals surface area contributed by atoms with Gasteiger partial charge in [0.05, 0.1) is 0 Å². The average Bonchev–Trinajstić information content (AvgIpc) is 2.47. The lowest BCUT2D eigenvalue weighted by molar-refractivity contribution is -0.131. The SMILES string of the molecule is CN(CCC1CCNCC1)C(=O)CC1CCCCC1. The van der Waals surface area contributed by atoms with Gasteiger partial charge in [-0.15, -0.1) is 0 Å². The van der Waals surface area contributed by atoms with Gasteiger partial charge in [0.25, 0.3) is 0 Å². The van der Waals surface area contributed by atoms with E-state index in [1.165, 1.54) is 51.4 Å². The highest BCUT2D eigenvalue weighted by atomic mass is 16.2. The van der Waals surface area contributed by atoms with Crippen molar-refractivity contribution >= 4 is 5.91 Å². The maximum atomic E-state index is 12.2. The van der Waals surface area contributed by atoms with Gasteiger partial charge >= 0.3 is 0 Å². The lowest BCUT2D eigenvalue weighted by Crippen LogP contribution is -2.33. The first-order chi connectivity index (χ1) is 9.25. The number of nitrogens with zero attached hydrogens (tertiary/aromatic N) is 1. The van der Waals surface area contributed by atoms with Gasteiger partial charge in [0.15, 0.2) is 0 Å². The number of carbonyl (C=O) groups is 1. The maximum Gasteiger partial charge on any atom is 0.222 e. The van der Waals surface area contributed by atoms with Crippen LogP contribution in [0.15, 0.2) is 0 Å². The van der Waals surface area contributed by atoms with Gasteiger partial charge in [0.1, 0.15) is 0 Å². The van der Waals surface area contributed by atoms with Gasteiger partial charge in [0, 0.05) is 20.0 Å². The summed E-state index contributed by atoms with van der Waals surface area (Å²) in [5.41, 5.74) is 0. The predicted octanol–water partition coefficient (Wildman–Crippen LogP) is 2.80. The van der Waals surface area contributed by atoms with Gasteiger partial charge in [0.2, 0.25) is 5.91 Å². The summed E-state index contributed by atoms with van der Waals surface area (Å²) in [6, 6.07) is 0. The normalized spacial score (nSPS) is 22.4. The Morgan fingerprint density at radius 2 is 1.74 bits per heavy atom. The molecule has 19 heavy (non-hydrogen) atoms. The highest BCUT2D eigenvalue weighted by Crippen LogP contribution is 2.26. The van der Waals surface area contributed by atoms with E-state index in [-0.39, 0.29) is 0 Å². The van der Waals surface area contributed by atoms with Crippen molar-refractivity contribution < 1.29 is 4.79 Å². The van der Waals surface area contributed by atoms with Crippen molar-refractivity contribution in [3.05, 3.63) is 0 Å². The number of amides is 1. The molecule has 110 valence electrons. The molecule has 0 unspecified atom stereocenters. The smallest absolute Gasteiger partial charge is 0.222 e. The molecule has 0 radical (unpaired) electrons. The van der Waals surface area contributed by atoms with Gasteiger partial charge in [-0.1, -0.05) is 19.3 Å². The second kappa shape index (κ2) is 7.88. The molecule has 1 heterocycles. The zero-order valence-electron chi connectivity index (χ0n) is 12.5. The van der Waals surface area contributed by atoms with E-state index >= 15 is 0 Å². The molecule has 2 aliphatic rings. The summed E-state index contributed by atoms with van der Waals surface area (Å²) in [4.78, 5) is 14.2. The third-order valence-electron chi connectivity index (χ3n) is 4.95. The quantitative estimate of drug-likeness (QED) is 0.830. The maximum absolute atomic E-state index is 12.2. The van der Waals surface area contributed by atoms with Crippen molar-refractivity contribution in [3.8, 4) is 0 Å². The Morgan fingerprint density at radius 1 is 1.05 bits per heavy atom. The molecule has 1 N–H and O–H groups in total. The average molecular weight is 266 g/mol. The molecule has 0 aromatic rings. The van der Waals surface area contributed by atoms with E-state index < -0.39 is 0 Å². The Labute approximate surface area is 118 Å². The number of rotatable bonds is 5. The molecular formula is C16H30N2O. The highest BCUT2D eigenvalue weighted by Gasteiger charge is 2.20. The molecule has 0 spiro atoms. The zero-order chi connectivity index (χ0) is 13.5. The van der Waals surface area contributed by atoms with Crippen LogP contribution in [0.25, 0.3) is 0 Å². The van der Waals surface area contributed by atoms with Crippen LogP contribution in [-0.4, -0.2) is 37.5 Å². The molecule has 0 aromatic carbocycles. The first-order valence-corrected chi connectivity index (χ1v) is 8.20. The monoisotopic (exact) mass is 266 g/mol. The molecule has 1 aliphatic heterocycles. The van der Waals surface area contributed by atoms with Crippen LogP contribution in [0.5, 0.6) is 0 Å². The van der Waals surface area contributed by atoms with E-state index in [1.807, 2.05) is 11.9 Å². The molecular weight excluding hydrogens is 236 g/mol. The Bertz CT molecular complexity index is 268. The van der Waals surface area contributed by atoms with Gasteiger partial charge in [-0.25, -0.2) is 0 Å². The molecule has 0 aromatic heterocycles. The lowest BCUT2D eigenvalue weighted by atomic mass is 9.86. The summed E-state index contributed by atoms with van der Waals surface area (Å²) < 4.78 is 0. The van der Waals surface area contributed by atoms with E-state index in [4.69, 9.17) is 0 Å².